The lowest BCUT2D eigenvalue weighted by Crippen LogP contribution is -2.26. The van der Waals surface area contributed by atoms with Crippen LogP contribution in [0.1, 0.15) is 241 Å². The summed E-state index contributed by atoms with van der Waals surface area (Å²) in [5.74, 6) is 0. The Bertz CT molecular complexity index is 5480. The standard InChI is InChI=1S/C108H116N2/c1-7-11-15-19-23-34-64-107(65-35-24-20-16-12-8-2)99-73-84(81-50-48-80(49-51-81)79-46-44-77(5)45-47-79)52-58-91(99)92-59-53-85(74-100(92)107)87-68-78(6)69-88(70-87)86-54-60-93-94-61-57-90(76-102(94)108(101(93)75-86,66-36-25-21-17-13-9-3)67-37-26-22-18-14-10-4)110-104-43-33-31-41-96(104)98-72-83(56-63-106(98)110)82-55-62-105-97(71-82)95-40-30-32-42-103(95)109(105)89-38-28-27-29-39-89/h27-33,38-63,68-76H,7-26,34-37,64-67H2,1-6H3. The number of unbranched alkanes of at least 4 members (excludes halogenated alkanes) is 20. The summed E-state index contributed by atoms with van der Waals surface area (Å²) >= 11 is 0. The third kappa shape index (κ3) is 14.8. The van der Waals surface area contributed by atoms with Crippen LogP contribution >= 0.6 is 0 Å². The molecule has 110 heavy (non-hydrogen) atoms. The molecule has 0 fully saturated rings. The van der Waals surface area contributed by atoms with Gasteiger partial charge < -0.3 is 9.13 Å². The fourth-order valence-electron chi connectivity index (χ4n) is 20.0. The average Bonchev–Trinajstić information content (AvgIpc) is 1.56. The van der Waals surface area contributed by atoms with Gasteiger partial charge in [-0.1, -0.05) is 357 Å². The van der Waals surface area contributed by atoms with E-state index >= 15 is 0 Å². The second kappa shape index (κ2) is 33.8. The molecule has 0 spiro atoms. The van der Waals surface area contributed by atoms with Gasteiger partial charge in [0.15, 0.2) is 0 Å². The van der Waals surface area contributed by atoms with Gasteiger partial charge in [0.05, 0.1) is 22.1 Å². The minimum absolute atomic E-state index is 0.0694. The van der Waals surface area contributed by atoms with Crippen LogP contribution in [0.15, 0.2) is 255 Å². The van der Waals surface area contributed by atoms with Crippen LogP contribution in [-0.2, 0) is 10.8 Å². The monoisotopic (exact) mass is 1440 g/mol. The Morgan fingerprint density at radius 3 is 0.945 bits per heavy atom. The van der Waals surface area contributed by atoms with E-state index in [1.54, 1.807) is 16.7 Å². The number of benzene rings is 12. The first-order valence-electron chi connectivity index (χ1n) is 43.2. The summed E-state index contributed by atoms with van der Waals surface area (Å²) in [5, 5.41) is 5.13. The van der Waals surface area contributed by atoms with Crippen LogP contribution in [0, 0.1) is 13.8 Å². The molecule has 2 aliphatic rings. The van der Waals surface area contributed by atoms with Gasteiger partial charge in [-0.05, 0) is 230 Å². The maximum absolute atomic E-state index is 2.71. The second-order valence-electron chi connectivity index (χ2n) is 33.3. The molecule has 16 rings (SSSR count). The normalized spacial score (nSPS) is 13.3. The minimum Gasteiger partial charge on any atom is -0.309 e. The molecule has 0 N–H and O–H groups in total. The lowest BCUT2D eigenvalue weighted by Gasteiger charge is -2.34. The molecule has 2 heterocycles. The third-order valence-electron chi connectivity index (χ3n) is 25.8. The van der Waals surface area contributed by atoms with Crippen molar-refractivity contribution in [3.63, 3.8) is 0 Å². The molecule has 2 heteroatoms. The summed E-state index contributed by atoms with van der Waals surface area (Å²) in [6, 6.07) is 99.9. The molecule has 12 aromatic carbocycles. The van der Waals surface area contributed by atoms with Crippen molar-refractivity contribution >= 4 is 43.6 Å². The molecule has 0 radical (unpaired) electrons. The van der Waals surface area contributed by atoms with Crippen molar-refractivity contribution in [2.75, 3.05) is 0 Å². The minimum atomic E-state index is -0.137. The molecule has 0 unspecified atom stereocenters. The van der Waals surface area contributed by atoms with Crippen molar-refractivity contribution in [1.29, 1.82) is 0 Å². The highest BCUT2D eigenvalue weighted by Gasteiger charge is 2.45. The summed E-state index contributed by atoms with van der Waals surface area (Å²) in [4.78, 5) is 0. The van der Waals surface area contributed by atoms with Crippen LogP contribution in [-0.4, -0.2) is 9.13 Å². The Balaban J connectivity index is 0.779. The first kappa shape index (κ1) is 74.3. The molecule has 2 nitrogen and oxygen atoms in total. The highest BCUT2D eigenvalue weighted by molar-refractivity contribution is 6.13. The van der Waals surface area contributed by atoms with E-state index in [1.807, 2.05) is 0 Å². The number of hydrogen-bond acceptors (Lipinski definition) is 0. The molecule has 0 bridgehead atoms. The molecule has 0 atom stereocenters. The summed E-state index contributed by atoms with van der Waals surface area (Å²) in [7, 11) is 0. The number of rotatable bonds is 35. The van der Waals surface area contributed by atoms with E-state index in [4.69, 9.17) is 0 Å². The topological polar surface area (TPSA) is 9.86 Å². The Labute approximate surface area is 658 Å². The number of aromatic nitrogens is 2. The fourth-order valence-corrected chi connectivity index (χ4v) is 20.0. The van der Waals surface area contributed by atoms with E-state index in [0.717, 1.165) is 12.8 Å². The zero-order valence-corrected chi connectivity index (χ0v) is 66.9. The number of para-hydroxylation sites is 3. The predicted octanol–water partition coefficient (Wildman–Crippen LogP) is 32.4. The fraction of sp³-hybridized carbons (Fsp3) is 0.333. The van der Waals surface area contributed by atoms with Crippen LogP contribution in [0.5, 0.6) is 0 Å². The number of nitrogens with zero attached hydrogens (tertiary/aromatic N) is 2. The molecule has 2 aliphatic carbocycles. The summed E-state index contributed by atoms with van der Waals surface area (Å²) in [6.07, 6.45) is 35.7. The van der Waals surface area contributed by atoms with Crippen LogP contribution in [0.4, 0.5) is 0 Å². The van der Waals surface area contributed by atoms with Crippen molar-refractivity contribution in [1.82, 2.24) is 9.13 Å². The molecular weight excluding hydrogens is 1330 g/mol. The smallest absolute Gasteiger partial charge is 0.0541 e. The van der Waals surface area contributed by atoms with Crippen molar-refractivity contribution in [2.24, 2.45) is 0 Å². The van der Waals surface area contributed by atoms with Gasteiger partial charge in [0.25, 0.3) is 0 Å². The van der Waals surface area contributed by atoms with Gasteiger partial charge >= 0.3 is 0 Å². The molecule has 14 aromatic rings. The van der Waals surface area contributed by atoms with E-state index in [0.29, 0.717) is 0 Å². The highest BCUT2D eigenvalue weighted by Crippen LogP contribution is 2.58. The first-order valence-corrected chi connectivity index (χ1v) is 43.2. The lowest BCUT2D eigenvalue weighted by atomic mass is 9.70. The average molecular weight is 1440 g/mol. The van der Waals surface area contributed by atoms with Crippen molar-refractivity contribution < 1.29 is 0 Å². The van der Waals surface area contributed by atoms with Gasteiger partial charge in [0.1, 0.15) is 0 Å². The van der Waals surface area contributed by atoms with E-state index < -0.39 is 0 Å². The number of fused-ring (bicyclic) bond motifs is 12. The lowest BCUT2D eigenvalue weighted by molar-refractivity contribution is 0.398. The van der Waals surface area contributed by atoms with Gasteiger partial charge in [-0.25, -0.2) is 0 Å². The molecule has 0 aliphatic heterocycles. The molecule has 0 amide bonds. The van der Waals surface area contributed by atoms with Gasteiger partial charge in [-0.3, -0.25) is 0 Å². The zero-order valence-electron chi connectivity index (χ0n) is 66.9. The van der Waals surface area contributed by atoms with Gasteiger partial charge in [-0.2, -0.15) is 0 Å². The predicted molar refractivity (Wildman–Crippen MR) is 476 cm³/mol. The summed E-state index contributed by atoms with van der Waals surface area (Å²) in [5.41, 5.74) is 34.8. The first-order chi connectivity index (χ1) is 54.2. The van der Waals surface area contributed by atoms with Crippen molar-refractivity contribution in [3.05, 3.63) is 288 Å². The number of aryl methyl sites for hydroxylation is 2. The van der Waals surface area contributed by atoms with E-state index in [1.165, 1.54) is 317 Å². The van der Waals surface area contributed by atoms with Gasteiger partial charge in [-0.15, -0.1) is 0 Å². The summed E-state index contributed by atoms with van der Waals surface area (Å²) < 4.78 is 5.02. The molecule has 0 saturated heterocycles. The Kier molecular flexibility index (Phi) is 22.9. The largest absolute Gasteiger partial charge is 0.309 e. The van der Waals surface area contributed by atoms with E-state index in [2.05, 4.69) is 305 Å². The van der Waals surface area contributed by atoms with Crippen LogP contribution in [0.2, 0.25) is 0 Å². The molecule has 558 valence electrons. The van der Waals surface area contributed by atoms with Crippen molar-refractivity contribution in [2.45, 2.75) is 232 Å². The highest BCUT2D eigenvalue weighted by atomic mass is 15.0. The van der Waals surface area contributed by atoms with Crippen LogP contribution in [0.25, 0.3) is 133 Å². The Morgan fingerprint density at radius 1 is 0.209 bits per heavy atom. The zero-order chi connectivity index (χ0) is 75.0. The van der Waals surface area contributed by atoms with Gasteiger partial charge in [0, 0.05) is 43.7 Å². The quantitative estimate of drug-likeness (QED) is 0.0350. The number of hydrogen-bond donors (Lipinski definition) is 0. The third-order valence-corrected chi connectivity index (χ3v) is 25.8. The molecule has 0 saturated carbocycles. The Morgan fingerprint density at radius 2 is 0.518 bits per heavy atom. The van der Waals surface area contributed by atoms with Crippen LogP contribution in [0.3, 0.4) is 0 Å². The summed E-state index contributed by atoms with van der Waals surface area (Å²) in [6.45, 7) is 13.9. The molecule has 2 aromatic heterocycles. The van der Waals surface area contributed by atoms with Gasteiger partial charge in [0.2, 0.25) is 0 Å². The maximum Gasteiger partial charge on any atom is 0.0541 e. The SMILES string of the molecule is CCCCCCCCC1(CCCCCCCC)c2cc(-c3ccc(-c4ccc(C)cc4)cc3)ccc2-c2ccc(-c3cc(C)cc(-c4ccc5c(c4)C(CCCCCCCC)(CCCCCCCC)c4cc(-n6c7ccccc7c7cc(-c8ccc9c(c8)c8ccccc8n9-c8ccccc8)ccc76)ccc4-5)c3)cc21. The van der Waals surface area contributed by atoms with Crippen LogP contribution < -0.4 is 0 Å². The second-order valence-corrected chi connectivity index (χ2v) is 33.3. The molecular formula is C108H116N2. The van der Waals surface area contributed by atoms with E-state index in [9.17, 15) is 0 Å². The van der Waals surface area contributed by atoms with Crippen molar-refractivity contribution in [3.8, 4) is 89.3 Å². The Hall–Kier alpha value is -9.76. The maximum atomic E-state index is 2.71. The van der Waals surface area contributed by atoms with E-state index in [-0.39, 0.29) is 10.8 Å².